The maximum atomic E-state index is 11.9. The monoisotopic (exact) mass is 266 g/mol. The summed E-state index contributed by atoms with van der Waals surface area (Å²) in [6.07, 6.45) is 2.62. The van der Waals surface area contributed by atoms with Gasteiger partial charge in [0.05, 0.1) is 11.7 Å². The van der Waals surface area contributed by atoms with Crippen molar-refractivity contribution < 1.29 is 9.90 Å². The van der Waals surface area contributed by atoms with Gasteiger partial charge in [-0.3, -0.25) is 9.59 Å². The molecule has 0 aliphatic carbocycles. The molecule has 5 heteroatoms. The first kappa shape index (κ1) is 15.4. The van der Waals surface area contributed by atoms with E-state index >= 15 is 0 Å². The molecule has 0 aromatic carbocycles. The zero-order valence-corrected chi connectivity index (χ0v) is 11.7. The van der Waals surface area contributed by atoms with Crippen LogP contribution in [0.4, 0.5) is 0 Å². The van der Waals surface area contributed by atoms with Crippen LogP contribution in [0.25, 0.3) is 0 Å². The molecule has 0 aliphatic rings. The molecule has 1 unspecified atom stereocenters. The van der Waals surface area contributed by atoms with E-state index < -0.39 is 6.10 Å². The molecule has 5 nitrogen and oxygen atoms in total. The maximum absolute atomic E-state index is 11.9. The Balaban J connectivity index is 2.63. The molecule has 1 aromatic heterocycles. The quantitative estimate of drug-likeness (QED) is 0.724. The number of amides is 1. The Bertz CT molecular complexity index is 478. The highest BCUT2D eigenvalue weighted by Crippen LogP contribution is 2.12. The van der Waals surface area contributed by atoms with Crippen molar-refractivity contribution in [3.05, 3.63) is 33.7 Å². The molecule has 0 aliphatic heterocycles. The van der Waals surface area contributed by atoms with Gasteiger partial charge in [0.15, 0.2) is 0 Å². The average Bonchev–Trinajstić information content (AvgIpc) is 2.37. The fourth-order valence-electron chi connectivity index (χ4n) is 2.11. The van der Waals surface area contributed by atoms with Crippen LogP contribution in [0.1, 0.15) is 42.6 Å². The van der Waals surface area contributed by atoms with Crippen LogP contribution in [-0.2, 0) is 0 Å². The Kier molecular flexibility index (Phi) is 5.76. The minimum atomic E-state index is -0.540. The summed E-state index contributed by atoms with van der Waals surface area (Å²) in [6, 6.07) is 1.38. The molecule has 0 saturated heterocycles. The fraction of sp³-hybridized carbons (Fsp3) is 0.571. The summed E-state index contributed by atoms with van der Waals surface area (Å²) in [5, 5.41) is 12.6. The zero-order valence-electron chi connectivity index (χ0n) is 11.7. The Morgan fingerprint density at radius 2 is 2.05 bits per heavy atom. The number of aliphatic hydroxyl groups is 1. The summed E-state index contributed by atoms with van der Waals surface area (Å²) in [6.45, 7) is 5.97. The van der Waals surface area contributed by atoms with Crippen LogP contribution in [0.3, 0.4) is 0 Å². The van der Waals surface area contributed by atoms with Crippen molar-refractivity contribution >= 4 is 5.91 Å². The molecule has 1 heterocycles. The van der Waals surface area contributed by atoms with Gasteiger partial charge >= 0.3 is 0 Å². The SMILES string of the molecule is CCC(CC)C(O)CNC(=O)c1c[nH]c(=O)cc1C. The number of aryl methyl sites for hydroxylation is 1. The first-order valence-electron chi connectivity index (χ1n) is 6.65. The normalized spacial score (nSPS) is 12.5. The largest absolute Gasteiger partial charge is 0.391 e. The Morgan fingerprint density at radius 3 is 2.58 bits per heavy atom. The van der Waals surface area contributed by atoms with E-state index in [1.165, 1.54) is 12.3 Å². The van der Waals surface area contributed by atoms with Gasteiger partial charge in [-0.15, -0.1) is 0 Å². The third kappa shape index (κ3) is 4.21. The number of hydrogen-bond donors (Lipinski definition) is 3. The number of hydrogen-bond acceptors (Lipinski definition) is 3. The number of aromatic nitrogens is 1. The third-order valence-electron chi connectivity index (χ3n) is 3.44. The zero-order chi connectivity index (χ0) is 14.4. The second-order valence-electron chi connectivity index (χ2n) is 4.75. The lowest BCUT2D eigenvalue weighted by Crippen LogP contribution is -2.36. The van der Waals surface area contributed by atoms with E-state index in [4.69, 9.17) is 0 Å². The number of carbonyl (C=O) groups excluding carboxylic acids is 1. The number of aromatic amines is 1. The van der Waals surface area contributed by atoms with Crippen molar-refractivity contribution in [1.82, 2.24) is 10.3 Å². The highest BCUT2D eigenvalue weighted by atomic mass is 16.3. The van der Waals surface area contributed by atoms with Gasteiger partial charge in [0.25, 0.3) is 5.91 Å². The minimum absolute atomic E-state index is 0.192. The minimum Gasteiger partial charge on any atom is -0.391 e. The molecular weight excluding hydrogens is 244 g/mol. The van der Waals surface area contributed by atoms with Crippen LogP contribution in [-0.4, -0.2) is 28.6 Å². The summed E-state index contributed by atoms with van der Waals surface area (Å²) < 4.78 is 0. The van der Waals surface area contributed by atoms with Crippen LogP contribution in [0, 0.1) is 12.8 Å². The molecule has 1 atom stereocenters. The fourth-order valence-corrected chi connectivity index (χ4v) is 2.11. The van der Waals surface area contributed by atoms with Crippen molar-refractivity contribution in [2.24, 2.45) is 5.92 Å². The number of carbonyl (C=O) groups is 1. The second kappa shape index (κ2) is 7.09. The first-order chi connectivity index (χ1) is 8.99. The molecule has 106 valence electrons. The summed E-state index contributed by atoms with van der Waals surface area (Å²) >= 11 is 0. The Morgan fingerprint density at radius 1 is 1.42 bits per heavy atom. The van der Waals surface area contributed by atoms with Gasteiger partial charge in [-0.05, 0) is 18.4 Å². The molecule has 0 bridgehead atoms. The van der Waals surface area contributed by atoms with Gasteiger partial charge < -0.3 is 15.4 Å². The highest BCUT2D eigenvalue weighted by Gasteiger charge is 2.17. The predicted molar refractivity (Wildman–Crippen MR) is 74.2 cm³/mol. The van der Waals surface area contributed by atoms with Crippen molar-refractivity contribution in [2.45, 2.75) is 39.7 Å². The molecule has 3 N–H and O–H groups in total. The number of H-pyrrole nitrogens is 1. The van der Waals surface area contributed by atoms with Crippen molar-refractivity contribution in [3.63, 3.8) is 0 Å². The highest BCUT2D eigenvalue weighted by molar-refractivity contribution is 5.95. The van der Waals surface area contributed by atoms with Gasteiger partial charge in [-0.25, -0.2) is 0 Å². The summed E-state index contributed by atoms with van der Waals surface area (Å²) in [4.78, 5) is 25.5. The average molecular weight is 266 g/mol. The molecule has 1 aromatic rings. The molecule has 0 saturated carbocycles. The molecule has 1 rings (SSSR count). The first-order valence-corrected chi connectivity index (χ1v) is 6.65. The van der Waals surface area contributed by atoms with E-state index in [0.717, 1.165) is 12.8 Å². The predicted octanol–water partition coefficient (Wildman–Crippen LogP) is 1.21. The van der Waals surface area contributed by atoms with Gasteiger partial charge in [-0.2, -0.15) is 0 Å². The van der Waals surface area contributed by atoms with E-state index in [-0.39, 0.29) is 23.9 Å². The number of aliphatic hydroxyl groups excluding tert-OH is 1. The van der Waals surface area contributed by atoms with E-state index in [9.17, 15) is 14.7 Å². The standard InChI is InChI=1S/C14H22N2O3/c1-4-10(5-2)12(17)8-16-14(19)11-7-15-13(18)6-9(11)3/h6-7,10,12,17H,4-5,8H2,1-3H3,(H,15,18)(H,16,19). The van der Waals surface area contributed by atoms with E-state index in [0.29, 0.717) is 11.1 Å². The van der Waals surface area contributed by atoms with Crippen LogP contribution >= 0.6 is 0 Å². The van der Waals surface area contributed by atoms with Crippen LogP contribution in [0.5, 0.6) is 0 Å². The number of pyridine rings is 1. The molecule has 19 heavy (non-hydrogen) atoms. The van der Waals surface area contributed by atoms with Crippen LogP contribution in [0.15, 0.2) is 17.1 Å². The van der Waals surface area contributed by atoms with Crippen molar-refractivity contribution in [2.75, 3.05) is 6.54 Å². The smallest absolute Gasteiger partial charge is 0.253 e. The number of rotatable bonds is 6. The molecule has 0 spiro atoms. The van der Waals surface area contributed by atoms with E-state index in [1.807, 2.05) is 13.8 Å². The Hall–Kier alpha value is -1.62. The summed E-state index contributed by atoms with van der Waals surface area (Å²) in [5.41, 5.74) is 0.820. The summed E-state index contributed by atoms with van der Waals surface area (Å²) in [5.74, 6) is -0.0873. The van der Waals surface area contributed by atoms with Gasteiger partial charge in [0.1, 0.15) is 0 Å². The molecular formula is C14H22N2O3. The molecule has 0 radical (unpaired) electrons. The van der Waals surface area contributed by atoms with Crippen molar-refractivity contribution in [1.29, 1.82) is 0 Å². The third-order valence-corrected chi connectivity index (χ3v) is 3.44. The Labute approximate surface area is 113 Å². The molecule has 0 fully saturated rings. The van der Waals surface area contributed by atoms with Gasteiger partial charge in [-0.1, -0.05) is 26.7 Å². The van der Waals surface area contributed by atoms with Crippen molar-refractivity contribution in [3.8, 4) is 0 Å². The van der Waals surface area contributed by atoms with Crippen LogP contribution < -0.4 is 10.9 Å². The van der Waals surface area contributed by atoms with E-state index in [1.54, 1.807) is 6.92 Å². The number of nitrogens with one attached hydrogen (secondary N) is 2. The van der Waals surface area contributed by atoms with Gasteiger partial charge in [0.2, 0.25) is 5.56 Å². The van der Waals surface area contributed by atoms with Crippen LogP contribution in [0.2, 0.25) is 0 Å². The lowest BCUT2D eigenvalue weighted by atomic mass is 9.96. The lowest BCUT2D eigenvalue weighted by Gasteiger charge is -2.20. The van der Waals surface area contributed by atoms with E-state index in [2.05, 4.69) is 10.3 Å². The molecule has 1 amide bonds. The maximum Gasteiger partial charge on any atom is 0.253 e. The van der Waals surface area contributed by atoms with Gasteiger partial charge in [0, 0.05) is 18.8 Å². The summed E-state index contributed by atoms with van der Waals surface area (Å²) in [7, 11) is 0. The lowest BCUT2D eigenvalue weighted by molar-refractivity contribution is 0.0816. The topological polar surface area (TPSA) is 82.2 Å². The second-order valence-corrected chi connectivity index (χ2v) is 4.75.